The third-order valence-electron chi connectivity index (χ3n) is 2.38. The van der Waals surface area contributed by atoms with E-state index in [9.17, 15) is 10.1 Å². The maximum atomic E-state index is 10.6. The lowest BCUT2D eigenvalue weighted by molar-refractivity contribution is -0.385. The fourth-order valence-corrected chi connectivity index (χ4v) is 1.45. The number of hydrogen-bond donors (Lipinski definition) is 2. The minimum atomic E-state index is -0.445. The van der Waals surface area contributed by atoms with Crippen LogP contribution in [0.15, 0.2) is 12.3 Å². The number of nitrogens with one attached hydrogen (secondary N) is 1. The molecule has 6 nitrogen and oxygen atoms in total. The van der Waals surface area contributed by atoms with E-state index < -0.39 is 4.92 Å². The quantitative estimate of drug-likeness (QED) is 0.449. The Hall–Kier alpha value is -1.69. The van der Waals surface area contributed by atoms with Gasteiger partial charge in [-0.1, -0.05) is 0 Å². The highest BCUT2D eigenvalue weighted by Gasteiger charge is 2.10. The summed E-state index contributed by atoms with van der Waals surface area (Å²) in [6.45, 7) is 4.12. The van der Waals surface area contributed by atoms with Gasteiger partial charge in [0.1, 0.15) is 12.0 Å². The molecule has 6 heteroatoms. The number of anilines is 1. The zero-order chi connectivity index (χ0) is 12.8. The van der Waals surface area contributed by atoms with Crippen molar-refractivity contribution in [2.45, 2.75) is 32.8 Å². The first kappa shape index (κ1) is 13.4. The second-order valence-electron chi connectivity index (χ2n) is 4.03. The van der Waals surface area contributed by atoms with Crippen LogP contribution in [0, 0.1) is 17.0 Å². The molecule has 0 aromatic carbocycles. The summed E-state index contributed by atoms with van der Waals surface area (Å²) < 4.78 is 0. The lowest BCUT2D eigenvalue weighted by Crippen LogP contribution is -2.07. The number of hydrogen-bond acceptors (Lipinski definition) is 5. The molecule has 0 amide bonds. The average molecular weight is 239 g/mol. The summed E-state index contributed by atoms with van der Waals surface area (Å²) in [5.41, 5.74) is 0.613. The molecular formula is C11H17N3O3. The number of aromatic nitrogens is 1. The van der Waals surface area contributed by atoms with Crippen molar-refractivity contribution in [2.24, 2.45) is 0 Å². The molecule has 1 aromatic rings. The summed E-state index contributed by atoms with van der Waals surface area (Å²) in [6.07, 6.45) is 2.50. The van der Waals surface area contributed by atoms with Crippen LogP contribution in [0.25, 0.3) is 0 Å². The van der Waals surface area contributed by atoms with Crippen molar-refractivity contribution in [1.29, 1.82) is 0 Å². The summed E-state index contributed by atoms with van der Waals surface area (Å²) >= 11 is 0. The highest BCUT2D eigenvalue weighted by atomic mass is 16.6. The van der Waals surface area contributed by atoms with E-state index >= 15 is 0 Å². The zero-order valence-corrected chi connectivity index (χ0v) is 10.0. The van der Waals surface area contributed by atoms with Gasteiger partial charge in [0.2, 0.25) is 0 Å². The maximum absolute atomic E-state index is 10.6. The van der Waals surface area contributed by atoms with Gasteiger partial charge in [-0.15, -0.1) is 0 Å². The molecule has 1 heterocycles. The molecule has 0 aliphatic heterocycles. The summed E-state index contributed by atoms with van der Waals surface area (Å²) in [4.78, 5) is 14.1. The van der Waals surface area contributed by atoms with Crippen LogP contribution >= 0.6 is 0 Å². The third kappa shape index (κ3) is 4.36. The van der Waals surface area contributed by atoms with Gasteiger partial charge in [0, 0.05) is 12.1 Å². The molecule has 1 aromatic heterocycles. The number of nitrogens with zero attached hydrogens (tertiary/aromatic N) is 2. The van der Waals surface area contributed by atoms with E-state index in [-0.39, 0.29) is 11.8 Å². The number of aryl methyl sites for hydroxylation is 1. The first-order valence-electron chi connectivity index (χ1n) is 5.53. The topological polar surface area (TPSA) is 88.3 Å². The molecular weight excluding hydrogens is 222 g/mol. The molecule has 0 saturated heterocycles. The zero-order valence-electron chi connectivity index (χ0n) is 10.0. The highest BCUT2D eigenvalue weighted by molar-refractivity contribution is 5.46. The van der Waals surface area contributed by atoms with E-state index in [1.165, 1.54) is 6.20 Å². The Kier molecular flexibility index (Phi) is 4.84. The number of aliphatic hydroxyl groups is 1. The first-order valence-corrected chi connectivity index (χ1v) is 5.53. The van der Waals surface area contributed by atoms with Gasteiger partial charge in [-0.3, -0.25) is 10.1 Å². The van der Waals surface area contributed by atoms with E-state index in [1.807, 2.05) is 0 Å². The Bertz CT molecular complexity index is 394. The predicted octanol–water partition coefficient (Wildman–Crippen LogP) is 1.87. The summed E-state index contributed by atoms with van der Waals surface area (Å²) in [5.74, 6) is 0.624. The van der Waals surface area contributed by atoms with Gasteiger partial charge in [0.05, 0.1) is 11.0 Å². The SMILES string of the molecule is Cc1cc(NCCCC(C)O)ncc1[N+](=O)[O-]. The van der Waals surface area contributed by atoms with Gasteiger partial charge >= 0.3 is 0 Å². The molecule has 0 spiro atoms. The van der Waals surface area contributed by atoms with Crippen molar-refractivity contribution in [1.82, 2.24) is 4.98 Å². The molecule has 0 radical (unpaired) electrons. The van der Waals surface area contributed by atoms with Gasteiger partial charge in [0.25, 0.3) is 5.69 Å². The molecule has 1 atom stereocenters. The molecule has 17 heavy (non-hydrogen) atoms. The minimum Gasteiger partial charge on any atom is -0.393 e. The van der Waals surface area contributed by atoms with Gasteiger partial charge in [-0.2, -0.15) is 0 Å². The fraction of sp³-hybridized carbons (Fsp3) is 0.545. The predicted molar refractivity (Wildman–Crippen MR) is 65.0 cm³/mol. The van der Waals surface area contributed by atoms with Crippen LogP contribution < -0.4 is 5.32 Å². The van der Waals surface area contributed by atoms with Crippen molar-refractivity contribution in [3.05, 3.63) is 27.9 Å². The van der Waals surface area contributed by atoms with Crippen molar-refractivity contribution in [3.8, 4) is 0 Å². The van der Waals surface area contributed by atoms with Crippen LogP contribution in [0.3, 0.4) is 0 Å². The number of pyridine rings is 1. The van der Waals surface area contributed by atoms with Crippen LogP contribution in [0.5, 0.6) is 0 Å². The Morgan fingerprint density at radius 3 is 2.88 bits per heavy atom. The van der Waals surface area contributed by atoms with Gasteiger partial charge in [-0.25, -0.2) is 4.98 Å². The average Bonchev–Trinajstić information content (AvgIpc) is 2.23. The molecule has 0 bridgehead atoms. The Balaban J connectivity index is 2.50. The second kappa shape index (κ2) is 6.15. The molecule has 1 rings (SSSR count). The normalized spacial score (nSPS) is 12.2. The van der Waals surface area contributed by atoms with Gasteiger partial charge < -0.3 is 10.4 Å². The van der Waals surface area contributed by atoms with Gasteiger partial charge in [0.15, 0.2) is 0 Å². The molecule has 1 unspecified atom stereocenters. The van der Waals surface area contributed by atoms with E-state index in [1.54, 1.807) is 19.9 Å². The highest BCUT2D eigenvalue weighted by Crippen LogP contribution is 2.18. The summed E-state index contributed by atoms with van der Waals surface area (Å²) in [6, 6.07) is 1.65. The smallest absolute Gasteiger partial charge is 0.290 e. The molecule has 0 fully saturated rings. The van der Waals surface area contributed by atoms with E-state index in [0.29, 0.717) is 17.9 Å². The van der Waals surface area contributed by atoms with Crippen molar-refractivity contribution < 1.29 is 10.0 Å². The lowest BCUT2D eigenvalue weighted by Gasteiger charge is -2.07. The van der Waals surface area contributed by atoms with Crippen LogP contribution in [0.4, 0.5) is 11.5 Å². The van der Waals surface area contributed by atoms with E-state index in [2.05, 4.69) is 10.3 Å². The Labute approximate surface area is 99.8 Å². The van der Waals surface area contributed by atoms with Crippen molar-refractivity contribution in [3.63, 3.8) is 0 Å². The Morgan fingerprint density at radius 2 is 2.35 bits per heavy atom. The molecule has 0 aliphatic carbocycles. The molecule has 2 N–H and O–H groups in total. The fourth-order valence-electron chi connectivity index (χ4n) is 1.45. The van der Waals surface area contributed by atoms with Crippen molar-refractivity contribution in [2.75, 3.05) is 11.9 Å². The van der Waals surface area contributed by atoms with Crippen LogP contribution in [0.1, 0.15) is 25.3 Å². The standard InChI is InChI=1S/C11H17N3O3/c1-8-6-11(12-5-3-4-9(2)15)13-7-10(8)14(16)17/h6-7,9,15H,3-5H2,1-2H3,(H,12,13). The van der Waals surface area contributed by atoms with Crippen LogP contribution in [-0.2, 0) is 0 Å². The first-order chi connectivity index (χ1) is 8.00. The van der Waals surface area contributed by atoms with E-state index in [0.717, 1.165) is 12.8 Å². The number of nitro groups is 1. The third-order valence-corrected chi connectivity index (χ3v) is 2.38. The molecule has 94 valence electrons. The largest absolute Gasteiger partial charge is 0.393 e. The van der Waals surface area contributed by atoms with Crippen molar-refractivity contribution >= 4 is 11.5 Å². The van der Waals surface area contributed by atoms with Gasteiger partial charge in [-0.05, 0) is 32.8 Å². The second-order valence-corrected chi connectivity index (χ2v) is 4.03. The molecule has 0 saturated carbocycles. The molecule has 0 aliphatic rings. The summed E-state index contributed by atoms with van der Waals surface area (Å²) in [5, 5.41) is 22.7. The van der Waals surface area contributed by atoms with Crippen LogP contribution in [-0.4, -0.2) is 27.7 Å². The number of aliphatic hydroxyl groups excluding tert-OH is 1. The minimum absolute atomic E-state index is 0.0273. The summed E-state index contributed by atoms with van der Waals surface area (Å²) in [7, 11) is 0. The monoisotopic (exact) mass is 239 g/mol. The van der Waals surface area contributed by atoms with Crippen LogP contribution in [0.2, 0.25) is 0 Å². The number of rotatable bonds is 6. The van der Waals surface area contributed by atoms with E-state index in [4.69, 9.17) is 5.11 Å². The Morgan fingerprint density at radius 1 is 1.65 bits per heavy atom. The lowest BCUT2D eigenvalue weighted by atomic mass is 10.2. The maximum Gasteiger partial charge on any atom is 0.290 e.